The maximum absolute atomic E-state index is 14.2. The van der Waals surface area contributed by atoms with Gasteiger partial charge in [-0.05, 0) is 65.8 Å². The summed E-state index contributed by atoms with van der Waals surface area (Å²) >= 11 is 3.48. The molecule has 0 unspecified atom stereocenters. The van der Waals surface area contributed by atoms with Crippen LogP contribution in [-0.4, -0.2) is 14.7 Å². The van der Waals surface area contributed by atoms with E-state index < -0.39 is 15.7 Å². The van der Waals surface area contributed by atoms with Crippen molar-refractivity contribution in [1.29, 1.82) is 0 Å². The maximum atomic E-state index is 14.2. The molecule has 0 aliphatic heterocycles. The number of halogens is 2. The first-order valence-corrected chi connectivity index (χ1v) is 10.0. The van der Waals surface area contributed by atoms with E-state index in [-0.39, 0.29) is 4.90 Å². The second-order valence-electron chi connectivity index (χ2n) is 5.74. The number of hydrogen-bond donors (Lipinski definition) is 0. The average Bonchev–Trinajstić information content (AvgIpc) is 2.95. The molecule has 0 amide bonds. The van der Waals surface area contributed by atoms with Gasteiger partial charge in [-0.3, -0.25) is 0 Å². The Hall–Kier alpha value is -1.46. The summed E-state index contributed by atoms with van der Waals surface area (Å²) in [7, 11) is -3.54. The molecule has 23 heavy (non-hydrogen) atoms. The summed E-state index contributed by atoms with van der Waals surface area (Å²) in [5, 5.41) is 0. The van der Waals surface area contributed by atoms with Gasteiger partial charge in [0.15, 0.2) is 9.84 Å². The first-order valence-electron chi connectivity index (χ1n) is 7.34. The van der Waals surface area contributed by atoms with Crippen LogP contribution >= 0.6 is 15.9 Å². The quantitative estimate of drug-likeness (QED) is 0.726. The lowest BCUT2D eigenvalue weighted by molar-refractivity contribution is 0.570. The summed E-state index contributed by atoms with van der Waals surface area (Å²) in [6, 6.07) is 12.5. The molecule has 0 radical (unpaired) electrons. The molecule has 2 nitrogen and oxygen atoms in total. The van der Waals surface area contributed by atoms with Crippen LogP contribution in [0, 0.1) is 5.82 Å². The second kappa shape index (κ2) is 6.21. The van der Waals surface area contributed by atoms with Crippen molar-refractivity contribution < 1.29 is 12.8 Å². The van der Waals surface area contributed by atoms with Crippen molar-refractivity contribution in [3.8, 4) is 0 Å². The number of rotatable bonds is 3. The van der Waals surface area contributed by atoms with Crippen molar-refractivity contribution in [3.05, 3.63) is 63.9 Å². The molecular weight excluding hydrogens is 379 g/mol. The Balaban J connectivity index is 2.10. The molecule has 2 aromatic rings. The third-order valence-electron chi connectivity index (χ3n) is 4.07. The fourth-order valence-electron chi connectivity index (χ4n) is 3.05. The van der Waals surface area contributed by atoms with E-state index in [4.69, 9.17) is 0 Å². The molecule has 0 heterocycles. The summed E-state index contributed by atoms with van der Waals surface area (Å²) in [4.78, 5) is -0.246. The van der Waals surface area contributed by atoms with Gasteiger partial charge in [-0.25, -0.2) is 12.8 Å². The van der Waals surface area contributed by atoms with Crippen LogP contribution in [0.3, 0.4) is 0 Å². The molecule has 0 N–H and O–H groups in total. The minimum atomic E-state index is -3.54. The molecule has 3 rings (SSSR count). The summed E-state index contributed by atoms with van der Waals surface area (Å²) in [6.45, 7) is 0. The predicted octanol–water partition coefficient (Wildman–Crippen LogP) is 5.09. The van der Waals surface area contributed by atoms with Crippen molar-refractivity contribution >= 4 is 36.9 Å². The van der Waals surface area contributed by atoms with Crippen LogP contribution in [0.25, 0.3) is 11.1 Å². The third kappa shape index (κ3) is 3.40. The van der Waals surface area contributed by atoms with Crippen molar-refractivity contribution in [2.75, 3.05) is 6.26 Å². The highest BCUT2D eigenvalue weighted by Gasteiger charge is 2.20. The van der Waals surface area contributed by atoms with Gasteiger partial charge in [0.2, 0.25) is 0 Å². The van der Waals surface area contributed by atoms with Crippen LogP contribution in [0.15, 0.2) is 51.8 Å². The molecule has 0 atom stereocenters. The zero-order valence-electron chi connectivity index (χ0n) is 12.6. The summed E-state index contributed by atoms with van der Waals surface area (Å²) < 4.78 is 38.3. The predicted molar refractivity (Wildman–Crippen MR) is 94.3 cm³/mol. The molecular formula is C18H16BrFO2S. The average molecular weight is 395 g/mol. The molecule has 120 valence electrons. The second-order valence-corrected chi connectivity index (χ2v) is 8.64. The smallest absolute Gasteiger partial charge is 0.178 e. The molecule has 0 spiro atoms. The standard InChI is InChI=1S/C18H16BrFO2S/c1-23(21,22)18-9-8-13(11-17(18)20)16-7-3-6-15(16)12-4-2-5-14(19)10-12/h2,4-5,8-11H,3,6-7H2,1H3. The van der Waals surface area contributed by atoms with Crippen molar-refractivity contribution in [2.45, 2.75) is 24.2 Å². The van der Waals surface area contributed by atoms with Crippen LogP contribution in [0.5, 0.6) is 0 Å². The number of benzene rings is 2. The van der Waals surface area contributed by atoms with Gasteiger partial charge in [-0.15, -0.1) is 0 Å². The van der Waals surface area contributed by atoms with Gasteiger partial charge in [0, 0.05) is 10.7 Å². The van der Waals surface area contributed by atoms with Crippen LogP contribution in [0.4, 0.5) is 4.39 Å². The van der Waals surface area contributed by atoms with Gasteiger partial charge in [0.25, 0.3) is 0 Å². The normalized spacial score (nSPS) is 15.3. The van der Waals surface area contributed by atoms with Crippen molar-refractivity contribution in [1.82, 2.24) is 0 Å². The molecule has 0 saturated carbocycles. The van der Waals surface area contributed by atoms with Gasteiger partial charge in [-0.2, -0.15) is 0 Å². The van der Waals surface area contributed by atoms with E-state index in [1.807, 2.05) is 18.2 Å². The first-order chi connectivity index (χ1) is 10.9. The third-order valence-corrected chi connectivity index (χ3v) is 5.69. The fourth-order valence-corrected chi connectivity index (χ4v) is 4.17. The topological polar surface area (TPSA) is 34.1 Å². The van der Waals surface area contributed by atoms with E-state index in [1.165, 1.54) is 17.7 Å². The van der Waals surface area contributed by atoms with Crippen LogP contribution in [-0.2, 0) is 9.84 Å². The summed E-state index contributed by atoms with van der Waals surface area (Å²) in [5.74, 6) is -0.682. The lowest BCUT2D eigenvalue weighted by Gasteiger charge is -2.10. The Morgan fingerprint density at radius 1 is 1.00 bits per heavy atom. The molecule has 5 heteroatoms. The van der Waals surface area contributed by atoms with Gasteiger partial charge >= 0.3 is 0 Å². The Bertz CT molecular complexity index is 901. The first kappa shape index (κ1) is 16.4. The van der Waals surface area contributed by atoms with Crippen LogP contribution in [0.2, 0.25) is 0 Å². The zero-order chi connectivity index (χ0) is 16.6. The SMILES string of the molecule is CS(=O)(=O)c1ccc(C2=C(c3cccc(Br)c3)CCC2)cc1F. The lowest BCUT2D eigenvalue weighted by Crippen LogP contribution is -2.01. The highest BCUT2D eigenvalue weighted by molar-refractivity contribution is 9.10. The lowest BCUT2D eigenvalue weighted by atomic mass is 9.97. The number of hydrogen-bond acceptors (Lipinski definition) is 2. The molecule has 0 aromatic heterocycles. The Kier molecular flexibility index (Phi) is 4.43. The van der Waals surface area contributed by atoms with E-state index in [1.54, 1.807) is 6.07 Å². The van der Waals surface area contributed by atoms with E-state index in [2.05, 4.69) is 22.0 Å². The largest absolute Gasteiger partial charge is 0.224 e. The molecule has 2 aromatic carbocycles. The molecule has 0 bridgehead atoms. The maximum Gasteiger partial charge on any atom is 0.178 e. The van der Waals surface area contributed by atoms with E-state index >= 15 is 0 Å². The van der Waals surface area contributed by atoms with Gasteiger partial charge in [0.05, 0.1) is 0 Å². The Morgan fingerprint density at radius 2 is 1.65 bits per heavy atom. The minimum Gasteiger partial charge on any atom is -0.224 e. The highest BCUT2D eigenvalue weighted by Crippen LogP contribution is 2.40. The molecule has 0 fully saturated rings. The fraction of sp³-hybridized carbons (Fsp3) is 0.222. The van der Waals surface area contributed by atoms with E-state index in [9.17, 15) is 12.8 Å². The monoisotopic (exact) mass is 394 g/mol. The number of allylic oxidation sites excluding steroid dienone is 2. The summed E-state index contributed by atoms with van der Waals surface area (Å²) in [6.07, 6.45) is 3.86. The zero-order valence-corrected chi connectivity index (χ0v) is 15.0. The van der Waals surface area contributed by atoms with E-state index in [0.29, 0.717) is 0 Å². The molecule has 0 saturated heterocycles. The minimum absolute atomic E-state index is 0.246. The van der Waals surface area contributed by atoms with Crippen LogP contribution < -0.4 is 0 Å². The van der Waals surface area contributed by atoms with Gasteiger partial charge in [-0.1, -0.05) is 34.1 Å². The van der Waals surface area contributed by atoms with Crippen molar-refractivity contribution in [2.24, 2.45) is 0 Å². The summed E-state index contributed by atoms with van der Waals surface area (Å²) in [5.41, 5.74) is 4.20. The molecule has 1 aliphatic carbocycles. The number of sulfone groups is 1. The Morgan fingerprint density at radius 3 is 2.22 bits per heavy atom. The van der Waals surface area contributed by atoms with Crippen LogP contribution in [0.1, 0.15) is 30.4 Å². The van der Waals surface area contributed by atoms with Gasteiger partial charge < -0.3 is 0 Å². The molecule has 1 aliphatic rings. The van der Waals surface area contributed by atoms with Gasteiger partial charge in [0.1, 0.15) is 10.7 Å². The highest BCUT2D eigenvalue weighted by atomic mass is 79.9. The van der Waals surface area contributed by atoms with E-state index in [0.717, 1.165) is 46.7 Å². The Labute approximate surface area is 144 Å². The van der Waals surface area contributed by atoms with Crippen molar-refractivity contribution in [3.63, 3.8) is 0 Å².